The molecule has 4 aromatic carbocycles. The second kappa shape index (κ2) is 20.5. The summed E-state index contributed by atoms with van der Waals surface area (Å²) in [5.41, 5.74) is 8.21. The van der Waals surface area contributed by atoms with Gasteiger partial charge in [-0.15, -0.1) is 0 Å². The third kappa shape index (κ3) is 10.5. The van der Waals surface area contributed by atoms with Crippen LogP contribution in [0.3, 0.4) is 0 Å². The van der Waals surface area contributed by atoms with Crippen molar-refractivity contribution in [2.45, 2.75) is 13.5 Å². The summed E-state index contributed by atoms with van der Waals surface area (Å²) in [7, 11) is 7.33. The molecule has 0 atom stereocenters. The number of halogens is 1. The van der Waals surface area contributed by atoms with Crippen molar-refractivity contribution in [1.82, 2.24) is 9.89 Å². The van der Waals surface area contributed by atoms with Crippen molar-refractivity contribution >= 4 is 39.8 Å². The number of Topliss-reactive ketones (excluding diaryl/α,β-unsaturated/α-hetero) is 1. The SMILES string of the molecule is CNCc1ccc2c(-c3ccc4c(c3)OCCOc3cc(C)ccc3N(CC(=O)OC)CCN(c3ccccc3)CCN4CC(=O)CO)c3ccc(=[N+](C)C)cc-3oc2c1.[Cl-]. The van der Waals surface area contributed by atoms with E-state index in [0.717, 1.165) is 61.3 Å². The van der Waals surface area contributed by atoms with E-state index < -0.39 is 6.61 Å². The zero-order valence-corrected chi connectivity index (χ0v) is 36.2. The second-order valence-corrected chi connectivity index (χ2v) is 15.2. The zero-order valence-electron chi connectivity index (χ0n) is 35.4. The number of para-hydroxylation sites is 1. The van der Waals surface area contributed by atoms with Crippen molar-refractivity contribution in [1.29, 1.82) is 0 Å². The van der Waals surface area contributed by atoms with Gasteiger partial charge in [0.25, 0.3) is 0 Å². The number of fused-ring (bicyclic) bond motifs is 4. The molecule has 0 fully saturated rings. The molecule has 0 spiro atoms. The van der Waals surface area contributed by atoms with Crippen molar-refractivity contribution in [2.24, 2.45) is 0 Å². The van der Waals surface area contributed by atoms with Crippen molar-refractivity contribution in [3.8, 4) is 33.9 Å². The van der Waals surface area contributed by atoms with Crippen LogP contribution in [-0.4, -0.2) is 104 Å². The summed E-state index contributed by atoms with van der Waals surface area (Å²) in [5, 5.41) is 15.2. The van der Waals surface area contributed by atoms with Gasteiger partial charge in [0.2, 0.25) is 5.36 Å². The summed E-state index contributed by atoms with van der Waals surface area (Å²) >= 11 is 0. The van der Waals surface area contributed by atoms with E-state index in [9.17, 15) is 14.7 Å². The maximum atomic E-state index is 13.1. The number of rotatable bonds is 9. The summed E-state index contributed by atoms with van der Waals surface area (Å²) < 4.78 is 26.9. The predicted molar refractivity (Wildman–Crippen MR) is 238 cm³/mol. The quantitative estimate of drug-likeness (QED) is 0.127. The van der Waals surface area contributed by atoms with E-state index in [0.29, 0.717) is 49.9 Å². The summed E-state index contributed by atoms with van der Waals surface area (Å²) in [5.74, 6) is 1.27. The number of aliphatic hydroxyl groups is 1. The Morgan fingerprint density at radius 1 is 0.803 bits per heavy atom. The van der Waals surface area contributed by atoms with Crippen LogP contribution in [0, 0.1) is 6.92 Å². The highest BCUT2D eigenvalue weighted by Gasteiger charge is 2.24. The molecule has 7 rings (SSSR count). The fourth-order valence-corrected chi connectivity index (χ4v) is 7.72. The highest BCUT2D eigenvalue weighted by Crippen LogP contribution is 2.43. The second-order valence-electron chi connectivity index (χ2n) is 15.2. The van der Waals surface area contributed by atoms with Crippen LogP contribution in [-0.2, 0) is 20.9 Å². The molecule has 2 N–H and O–H groups in total. The van der Waals surface area contributed by atoms with Crippen LogP contribution < -0.4 is 51.8 Å². The lowest BCUT2D eigenvalue weighted by molar-refractivity contribution is -0.139. The lowest BCUT2D eigenvalue weighted by Gasteiger charge is -2.33. The van der Waals surface area contributed by atoms with Gasteiger partial charge in [0.1, 0.15) is 63.3 Å². The van der Waals surface area contributed by atoms with Gasteiger partial charge in [-0.05, 0) is 79.2 Å². The molecule has 2 heterocycles. The standard InChI is InChI=1S/C48H54N5O7.ClH/c1-33-11-17-41-45(25-33)58-23-24-59-46-27-35(48-39-15-12-34(29-49-2)26-43(39)60-44-28-37(50(3)4)14-16-40(44)48)13-18-42(46)52(30-38(55)32-54)21-19-51(36-9-7-6-8-10-36)20-22-53(41)31-47(56)57-5;/h6-18,25-28,49,54H,19-24,29-32H2,1-5H3;1H/q+1;/p-1. The predicted octanol–water partition coefficient (Wildman–Crippen LogP) is 2.59. The molecule has 0 unspecified atom stereocenters. The van der Waals surface area contributed by atoms with E-state index in [-0.39, 0.29) is 50.5 Å². The van der Waals surface area contributed by atoms with Gasteiger partial charge in [-0.2, -0.15) is 0 Å². The van der Waals surface area contributed by atoms with Gasteiger partial charge >= 0.3 is 5.97 Å². The minimum Gasteiger partial charge on any atom is -1.00 e. The Bertz CT molecular complexity index is 2510. The molecule has 0 bridgehead atoms. The van der Waals surface area contributed by atoms with Gasteiger partial charge in [-0.1, -0.05) is 42.5 Å². The normalized spacial score (nSPS) is 13.5. The molecule has 2 aliphatic heterocycles. The molecule has 13 heteroatoms. The molecule has 1 aliphatic carbocycles. The Labute approximate surface area is 363 Å². The molecule has 0 aromatic heterocycles. The van der Waals surface area contributed by atoms with Gasteiger partial charge in [-0.3, -0.25) is 9.59 Å². The molecule has 12 nitrogen and oxygen atoms in total. The van der Waals surface area contributed by atoms with E-state index in [1.807, 2.05) is 86.4 Å². The van der Waals surface area contributed by atoms with E-state index in [1.165, 1.54) is 7.11 Å². The first kappa shape index (κ1) is 44.5. The zero-order chi connectivity index (χ0) is 42.2. The van der Waals surface area contributed by atoms with E-state index >= 15 is 0 Å². The number of aryl methyl sites for hydroxylation is 1. The summed E-state index contributed by atoms with van der Waals surface area (Å²) in [6.07, 6.45) is 0. The summed E-state index contributed by atoms with van der Waals surface area (Å²) in [6, 6.07) is 34.7. The lowest BCUT2D eigenvalue weighted by atomic mass is 9.92. The molecular weight excluding hydrogens is 794 g/mol. The van der Waals surface area contributed by atoms with Crippen molar-refractivity contribution in [3.63, 3.8) is 0 Å². The molecule has 61 heavy (non-hydrogen) atoms. The number of hydrogen-bond acceptors (Lipinski definition) is 11. The number of carbonyl (C=O) groups is 2. The van der Waals surface area contributed by atoms with Crippen LogP contribution in [0.2, 0.25) is 0 Å². The Morgan fingerprint density at radius 2 is 1.49 bits per heavy atom. The molecule has 0 saturated heterocycles. The number of nitrogens with one attached hydrogen (secondary N) is 1. The summed E-state index contributed by atoms with van der Waals surface area (Å²) in [4.78, 5) is 32.1. The maximum absolute atomic E-state index is 13.1. The van der Waals surface area contributed by atoms with E-state index in [2.05, 4.69) is 69.4 Å². The molecule has 4 aromatic rings. The van der Waals surface area contributed by atoms with Gasteiger partial charge in [-0.25, -0.2) is 4.58 Å². The Kier molecular flexibility index (Phi) is 14.9. The third-order valence-electron chi connectivity index (χ3n) is 10.8. The minimum absolute atomic E-state index is 0. The average molecular weight is 848 g/mol. The highest BCUT2D eigenvalue weighted by molar-refractivity contribution is 6.02. The average Bonchev–Trinajstić information content (AvgIpc) is 3.26. The van der Waals surface area contributed by atoms with Gasteiger partial charge in [0.15, 0.2) is 5.78 Å². The number of aliphatic hydroxyl groups excluding tert-OH is 1. The molecular formula is C48H54ClN5O7. The Balaban J connectivity index is 0.00000622. The topological polar surface area (TPSA) is 120 Å². The summed E-state index contributed by atoms with van der Waals surface area (Å²) in [6.45, 7) is 4.48. The van der Waals surface area contributed by atoms with Crippen LogP contribution in [0.1, 0.15) is 11.1 Å². The van der Waals surface area contributed by atoms with Gasteiger partial charge in [0, 0.05) is 61.0 Å². The number of carbonyl (C=O) groups excluding carboxylic acids is 2. The van der Waals surface area contributed by atoms with Crippen molar-refractivity contribution in [2.75, 3.05) is 102 Å². The molecule has 0 saturated carbocycles. The van der Waals surface area contributed by atoms with Crippen LogP contribution >= 0.6 is 0 Å². The fourth-order valence-electron chi connectivity index (χ4n) is 7.72. The number of nitrogens with zero attached hydrogens (tertiary/aromatic N) is 4. The fraction of sp³-hybridized carbons (Fsp3) is 0.312. The number of anilines is 3. The Morgan fingerprint density at radius 3 is 2.16 bits per heavy atom. The van der Waals surface area contributed by atoms with Crippen LogP contribution in [0.25, 0.3) is 33.4 Å². The van der Waals surface area contributed by atoms with Crippen LogP contribution in [0.15, 0.2) is 108 Å². The molecule has 0 amide bonds. The number of methoxy groups -OCH3 is 1. The lowest BCUT2D eigenvalue weighted by Crippen LogP contribution is -3.00. The monoisotopic (exact) mass is 847 g/mol. The smallest absolute Gasteiger partial charge is 0.325 e. The van der Waals surface area contributed by atoms with E-state index in [4.69, 9.17) is 18.6 Å². The van der Waals surface area contributed by atoms with E-state index in [1.54, 1.807) is 0 Å². The molecule has 3 aliphatic rings. The first-order valence-electron chi connectivity index (χ1n) is 20.3. The minimum atomic E-state index is -0.586. The number of ether oxygens (including phenoxy) is 3. The first-order valence-corrected chi connectivity index (χ1v) is 20.3. The largest absolute Gasteiger partial charge is 1.00 e. The third-order valence-corrected chi connectivity index (χ3v) is 10.8. The van der Waals surface area contributed by atoms with Crippen LogP contribution in [0.5, 0.6) is 11.5 Å². The van der Waals surface area contributed by atoms with Crippen molar-refractivity contribution < 1.29 is 45.7 Å². The highest BCUT2D eigenvalue weighted by atomic mass is 35.5. The number of esters is 1. The number of benzene rings is 5. The van der Waals surface area contributed by atoms with Gasteiger partial charge in [0.05, 0.1) is 31.1 Å². The van der Waals surface area contributed by atoms with Gasteiger partial charge < -0.3 is 56.2 Å². The number of ketones is 1. The maximum Gasteiger partial charge on any atom is 0.325 e. The van der Waals surface area contributed by atoms with Crippen molar-refractivity contribution in [3.05, 3.63) is 120 Å². The first-order chi connectivity index (χ1) is 29.1. The molecule has 320 valence electrons. The number of hydrogen-bond donors (Lipinski definition) is 2. The Hall–Kier alpha value is -6.08. The van der Waals surface area contributed by atoms with Crippen LogP contribution in [0.4, 0.5) is 17.1 Å². The molecule has 0 radical (unpaired) electrons.